The Balaban J connectivity index is -0.000000603. The molecule has 0 aromatic rings. The van der Waals surface area contributed by atoms with E-state index < -0.39 is 5.97 Å². The van der Waals surface area contributed by atoms with Gasteiger partial charge in [0, 0.05) is 6.92 Å². The molecule has 27 heavy (non-hydrogen) atoms. The van der Waals surface area contributed by atoms with E-state index in [1.807, 2.05) is 0 Å². The average molecular weight is 389 g/mol. The van der Waals surface area contributed by atoms with Gasteiger partial charge in [-0.25, -0.2) is 0 Å². The van der Waals surface area contributed by atoms with Crippen molar-refractivity contribution in [2.75, 3.05) is 13.1 Å². The third-order valence-electron chi connectivity index (χ3n) is 4.35. The molecule has 0 radical (unpaired) electrons. The largest absolute Gasteiger partial charge is 0.481 e. The van der Waals surface area contributed by atoms with E-state index >= 15 is 0 Å². The van der Waals surface area contributed by atoms with Crippen molar-refractivity contribution in [1.82, 2.24) is 0 Å². The van der Waals surface area contributed by atoms with Crippen LogP contribution in [0.2, 0.25) is 0 Å². The molecule has 0 rings (SSSR count). The van der Waals surface area contributed by atoms with Gasteiger partial charge >= 0.3 is 0 Å². The highest BCUT2D eigenvalue weighted by Gasteiger charge is 1.94. The summed E-state index contributed by atoms with van der Waals surface area (Å²) in [6.45, 7) is 7.12. The predicted octanol–water partition coefficient (Wildman–Crippen LogP) is 6.65. The highest BCUT2D eigenvalue weighted by molar-refractivity contribution is 5.62. The number of hydrogen-bond acceptors (Lipinski definition) is 3. The van der Waals surface area contributed by atoms with Gasteiger partial charge in [0.25, 0.3) is 5.97 Å². The molecule has 166 valence electrons. The van der Waals surface area contributed by atoms with E-state index in [4.69, 9.17) is 21.4 Å². The fourth-order valence-corrected chi connectivity index (χ4v) is 2.69. The van der Waals surface area contributed by atoms with Gasteiger partial charge in [-0.2, -0.15) is 0 Å². The van der Waals surface area contributed by atoms with Crippen LogP contribution in [0.15, 0.2) is 0 Å². The Morgan fingerprint density at radius 2 is 0.778 bits per heavy atom. The van der Waals surface area contributed by atoms with Crippen LogP contribution >= 0.6 is 0 Å². The van der Waals surface area contributed by atoms with Gasteiger partial charge in [-0.1, -0.05) is 110 Å². The van der Waals surface area contributed by atoms with Gasteiger partial charge in [0.2, 0.25) is 0 Å². The third kappa shape index (κ3) is 51.7. The van der Waals surface area contributed by atoms with Crippen LogP contribution in [0.5, 0.6) is 0 Å². The number of aliphatic carboxylic acids is 1. The lowest BCUT2D eigenvalue weighted by molar-refractivity contribution is -0.134. The molecule has 0 saturated heterocycles. The molecular weight excluding hydrogens is 336 g/mol. The molecule has 0 atom stereocenters. The van der Waals surface area contributed by atoms with E-state index in [0.29, 0.717) is 0 Å². The van der Waals surface area contributed by atoms with Crippen LogP contribution in [0.3, 0.4) is 0 Å². The lowest BCUT2D eigenvalue weighted by Gasteiger charge is -2.03. The van der Waals surface area contributed by atoms with Crippen LogP contribution in [0.25, 0.3) is 0 Å². The fraction of sp³-hybridized carbons (Fsp3) is 0.957. The average Bonchev–Trinajstić information content (AvgIpc) is 2.64. The molecule has 0 unspecified atom stereocenters. The van der Waals surface area contributed by atoms with E-state index in [1.54, 1.807) is 0 Å². The molecule has 0 aliphatic heterocycles. The first kappa shape index (κ1) is 31.1. The summed E-state index contributed by atoms with van der Waals surface area (Å²) < 4.78 is 0. The van der Waals surface area contributed by atoms with Crippen molar-refractivity contribution >= 4 is 5.97 Å². The first-order chi connectivity index (χ1) is 13.1. The maximum absolute atomic E-state index is 9.00. The van der Waals surface area contributed by atoms with Gasteiger partial charge in [0.05, 0.1) is 0 Å². The minimum atomic E-state index is -0.833. The molecule has 0 heterocycles. The summed E-state index contributed by atoms with van der Waals surface area (Å²) in [5, 5.41) is 7.42. The van der Waals surface area contributed by atoms with Crippen molar-refractivity contribution in [1.29, 1.82) is 0 Å². The zero-order chi connectivity index (χ0) is 21.0. The first-order valence-electron chi connectivity index (χ1n) is 11.7. The number of carbonyl (C=O) groups is 1. The van der Waals surface area contributed by atoms with Gasteiger partial charge in [0.15, 0.2) is 0 Å². The SMILES string of the molecule is CC(=O)O.CCCCCCCCCCCCCCCCCCN.CCCN. The number of hydrogen-bond donors (Lipinski definition) is 3. The Morgan fingerprint density at radius 1 is 0.556 bits per heavy atom. The van der Waals surface area contributed by atoms with E-state index in [1.165, 1.54) is 103 Å². The van der Waals surface area contributed by atoms with Crippen molar-refractivity contribution in [3.8, 4) is 0 Å². The van der Waals surface area contributed by atoms with E-state index in [9.17, 15) is 0 Å². The van der Waals surface area contributed by atoms with Crippen LogP contribution in [0, 0.1) is 0 Å². The highest BCUT2D eigenvalue weighted by atomic mass is 16.4. The Labute approximate surface area is 170 Å². The molecule has 0 amide bonds. The van der Waals surface area contributed by atoms with Gasteiger partial charge in [0.1, 0.15) is 0 Å². The summed E-state index contributed by atoms with van der Waals surface area (Å²) in [6, 6.07) is 0. The summed E-state index contributed by atoms with van der Waals surface area (Å²) in [4.78, 5) is 9.00. The molecule has 5 N–H and O–H groups in total. The number of nitrogens with two attached hydrogens (primary N) is 2. The zero-order valence-electron chi connectivity index (χ0n) is 18.9. The van der Waals surface area contributed by atoms with E-state index in [-0.39, 0.29) is 0 Å². The van der Waals surface area contributed by atoms with Crippen molar-refractivity contribution < 1.29 is 9.90 Å². The Hall–Kier alpha value is -0.610. The number of unbranched alkanes of at least 4 members (excludes halogenated alkanes) is 15. The zero-order valence-corrected chi connectivity index (χ0v) is 18.9. The second-order valence-corrected chi connectivity index (χ2v) is 7.40. The van der Waals surface area contributed by atoms with Crippen LogP contribution < -0.4 is 11.5 Å². The maximum Gasteiger partial charge on any atom is 0.300 e. The monoisotopic (exact) mass is 388 g/mol. The van der Waals surface area contributed by atoms with Crippen LogP contribution in [-0.4, -0.2) is 24.2 Å². The lowest BCUT2D eigenvalue weighted by Crippen LogP contribution is -1.97. The Kier molecular flexibility index (Phi) is 38.0. The number of carboxylic acids is 1. The van der Waals surface area contributed by atoms with Gasteiger partial charge in [-0.05, 0) is 25.9 Å². The topological polar surface area (TPSA) is 89.3 Å². The molecule has 0 aliphatic rings. The van der Waals surface area contributed by atoms with Crippen LogP contribution in [0.4, 0.5) is 0 Å². The van der Waals surface area contributed by atoms with Crippen molar-refractivity contribution in [3.63, 3.8) is 0 Å². The second-order valence-electron chi connectivity index (χ2n) is 7.40. The van der Waals surface area contributed by atoms with Crippen molar-refractivity contribution in [2.45, 2.75) is 130 Å². The number of carboxylic acid groups (broad SMARTS) is 1. The fourth-order valence-electron chi connectivity index (χ4n) is 2.69. The van der Waals surface area contributed by atoms with Crippen LogP contribution in [0.1, 0.15) is 130 Å². The molecule has 0 aromatic heterocycles. The van der Waals surface area contributed by atoms with Crippen LogP contribution in [-0.2, 0) is 4.79 Å². The third-order valence-corrected chi connectivity index (χ3v) is 4.35. The molecule has 4 nitrogen and oxygen atoms in total. The minimum Gasteiger partial charge on any atom is -0.481 e. The van der Waals surface area contributed by atoms with Crippen molar-refractivity contribution in [3.05, 3.63) is 0 Å². The molecule has 4 heteroatoms. The minimum absolute atomic E-state index is 0.819. The molecule has 0 saturated carbocycles. The standard InChI is InChI=1S/C18H39N.C3H9N.C2H4O2/c1-2-3-4-5-6-7-8-9-10-11-12-13-14-15-16-17-18-19;1-2-3-4;1-2(3)4/h2-19H2,1H3;2-4H2,1H3;1H3,(H,3,4). The second kappa shape index (κ2) is 33.0. The highest BCUT2D eigenvalue weighted by Crippen LogP contribution is 2.13. The predicted molar refractivity (Wildman–Crippen MR) is 121 cm³/mol. The Morgan fingerprint density at radius 3 is 0.963 bits per heavy atom. The number of rotatable bonds is 17. The first-order valence-corrected chi connectivity index (χ1v) is 11.7. The summed E-state index contributed by atoms with van der Waals surface area (Å²) >= 11 is 0. The molecule has 0 spiro atoms. The molecule has 0 aliphatic carbocycles. The van der Waals surface area contributed by atoms with Crippen molar-refractivity contribution in [2.24, 2.45) is 11.5 Å². The molecule has 0 aromatic carbocycles. The Bertz CT molecular complexity index is 227. The lowest BCUT2D eigenvalue weighted by atomic mass is 10.0. The quantitative estimate of drug-likeness (QED) is 0.243. The maximum atomic E-state index is 9.00. The van der Waals surface area contributed by atoms with E-state index in [0.717, 1.165) is 26.4 Å². The molecule has 0 fully saturated rings. The van der Waals surface area contributed by atoms with E-state index in [2.05, 4.69) is 13.8 Å². The smallest absolute Gasteiger partial charge is 0.300 e. The summed E-state index contributed by atoms with van der Waals surface area (Å²) in [5.74, 6) is -0.833. The summed E-state index contributed by atoms with van der Waals surface area (Å²) in [6.07, 6.45) is 24.0. The molecule has 0 bridgehead atoms. The molecular formula is C23H52N2O2. The normalized spacial score (nSPS) is 9.81. The van der Waals surface area contributed by atoms with Gasteiger partial charge in [-0.15, -0.1) is 0 Å². The van der Waals surface area contributed by atoms with Gasteiger partial charge in [-0.3, -0.25) is 4.79 Å². The van der Waals surface area contributed by atoms with Gasteiger partial charge < -0.3 is 16.6 Å². The summed E-state index contributed by atoms with van der Waals surface area (Å²) in [7, 11) is 0. The summed E-state index contributed by atoms with van der Waals surface area (Å²) in [5.41, 5.74) is 10.5.